The number of amides is 1. The molecule has 2 heterocycles. The third-order valence-electron chi connectivity index (χ3n) is 5.36. The summed E-state index contributed by atoms with van der Waals surface area (Å²) in [6, 6.07) is 4.43. The second-order valence-corrected chi connectivity index (χ2v) is 7.10. The number of hydrogen-bond acceptors (Lipinski definition) is 4. The Balaban J connectivity index is 1.44. The van der Waals surface area contributed by atoms with Gasteiger partial charge in [0.1, 0.15) is 0 Å². The van der Waals surface area contributed by atoms with Gasteiger partial charge in [-0.2, -0.15) is 0 Å². The van der Waals surface area contributed by atoms with Crippen molar-refractivity contribution >= 4 is 5.91 Å². The van der Waals surface area contributed by atoms with Crippen LogP contribution >= 0.6 is 0 Å². The first-order chi connectivity index (χ1) is 11.8. The number of nitrogens with zero attached hydrogens (tertiary/aromatic N) is 2. The largest absolute Gasteiger partial charge is 0.356 e. The molecule has 1 aromatic rings. The molecule has 0 radical (unpaired) electrons. The van der Waals surface area contributed by atoms with Crippen LogP contribution in [0.2, 0.25) is 0 Å². The minimum Gasteiger partial charge on any atom is -0.356 e. The summed E-state index contributed by atoms with van der Waals surface area (Å²) in [6.07, 6.45) is 10.9. The monoisotopic (exact) mass is 330 g/mol. The van der Waals surface area contributed by atoms with E-state index >= 15 is 0 Å². The standard InChI is InChI=1S/C19H30N4O/c24-19(22-13-16-5-2-1-3-6-16)8-11-23-12-10-21-15-18(23)17-7-4-9-20-14-17/h4,7,9,14,16,18,21H,1-3,5-6,8,10-13,15H2,(H,22,24). The van der Waals surface area contributed by atoms with Crippen molar-refractivity contribution in [2.75, 3.05) is 32.7 Å². The summed E-state index contributed by atoms with van der Waals surface area (Å²) in [5.74, 6) is 0.897. The van der Waals surface area contributed by atoms with E-state index in [0.29, 0.717) is 18.4 Å². The average molecular weight is 330 g/mol. The lowest BCUT2D eigenvalue weighted by Crippen LogP contribution is -2.47. The maximum atomic E-state index is 12.2. The van der Waals surface area contributed by atoms with Crippen molar-refractivity contribution in [3.63, 3.8) is 0 Å². The van der Waals surface area contributed by atoms with Gasteiger partial charge in [0, 0.05) is 57.6 Å². The number of pyridine rings is 1. The molecular formula is C19H30N4O. The number of nitrogens with one attached hydrogen (secondary N) is 2. The average Bonchev–Trinajstić information content (AvgIpc) is 2.66. The van der Waals surface area contributed by atoms with E-state index in [1.165, 1.54) is 37.7 Å². The summed E-state index contributed by atoms with van der Waals surface area (Å²) in [6.45, 7) is 4.58. The van der Waals surface area contributed by atoms with E-state index in [9.17, 15) is 4.79 Å². The highest BCUT2D eigenvalue weighted by Gasteiger charge is 2.24. The van der Waals surface area contributed by atoms with Gasteiger partial charge < -0.3 is 10.6 Å². The Labute approximate surface area is 145 Å². The highest BCUT2D eigenvalue weighted by atomic mass is 16.1. The molecule has 3 rings (SSSR count). The van der Waals surface area contributed by atoms with E-state index in [-0.39, 0.29) is 5.91 Å². The molecule has 5 heteroatoms. The van der Waals surface area contributed by atoms with Crippen LogP contribution in [0.4, 0.5) is 0 Å². The van der Waals surface area contributed by atoms with Crippen LogP contribution in [0.1, 0.15) is 50.1 Å². The number of aromatic nitrogens is 1. The zero-order valence-corrected chi connectivity index (χ0v) is 14.5. The van der Waals surface area contributed by atoms with Crippen LogP contribution in [-0.4, -0.2) is 48.5 Å². The molecule has 132 valence electrons. The Kier molecular flexibility index (Phi) is 6.61. The normalized spacial score (nSPS) is 23.1. The minimum absolute atomic E-state index is 0.198. The third kappa shape index (κ3) is 5.02. The van der Waals surface area contributed by atoms with Crippen LogP contribution < -0.4 is 10.6 Å². The van der Waals surface area contributed by atoms with Crippen molar-refractivity contribution in [1.82, 2.24) is 20.5 Å². The third-order valence-corrected chi connectivity index (χ3v) is 5.36. The molecule has 2 fully saturated rings. The van der Waals surface area contributed by atoms with Crippen LogP contribution in [0, 0.1) is 5.92 Å². The van der Waals surface area contributed by atoms with Crippen molar-refractivity contribution in [1.29, 1.82) is 0 Å². The van der Waals surface area contributed by atoms with E-state index in [4.69, 9.17) is 0 Å². The lowest BCUT2D eigenvalue weighted by molar-refractivity contribution is -0.121. The molecule has 0 bridgehead atoms. The lowest BCUT2D eigenvalue weighted by atomic mass is 9.89. The maximum absolute atomic E-state index is 12.2. The van der Waals surface area contributed by atoms with Gasteiger partial charge in [-0.1, -0.05) is 25.3 Å². The van der Waals surface area contributed by atoms with Gasteiger partial charge in [-0.25, -0.2) is 0 Å². The summed E-state index contributed by atoms with van der Waals surface area (Å²) >= 11 is 0. The SMILES string of the molecule is O=C(CCN1CCNCC1c1cccnc1)NCC1CCCCC1. The molecule has 2 aliphatic rings. The molecule has 1 unspecified atom stereocenters. The Bertz CT molecular complexity index is 501. The Hall–Kier alpha value is -1.46. The molecule has 1 atom stereocenters. The van der Waals surface area contributed by atoms with E-state index in [0.717, 1.165) is 32.7 Å². The van der Waals surface area contributed by atoms with Crippen LogP contribution in [0.15, 0.2) is 24.5 Å². The smallest absolute Gasteiger partial charge is 0.221 e. The van der Waals surface area contributed by atoms with Gasteiger partial charge in [0.05, 0.1) is 0 Å². The summed E-state index contributed by atoms with van der Waals surface area (Å²) in [5, 5.41) is 6.60. The first-order valence-electron chi connectivity index (χ1n) is 9.44. The van der Waals surface area contributed by atoms with Gasteiger partial charge in [-0.05, 0) is 30.4 Å². The van der Waals surface area contributed by atoms with Crippen LogP contribution in [0.25, 0.3) is 0 Å². The number of carbonyl (C=O) groups excluding carboxylic acids is 1. The molecule has 1 aliphatic heterocycles. The van der Waals surface area contributed by atoms with Crippen molar-refractivity contribution in [3.05, 3.63) is 30.1 Å². The fourth-order valence-electron chi connectivity index (χ4n) is 3.90. The van der Waals surface area contributed by atoms with E-state index < -0.39 is 0 Å². The predicted molar refractivity (Wildman–Crippen MR) is 95.6 cm³/mol. The quantitative estimate of drug-likeness (QED) is 0.839. The minimum atomic E-state index is 0.198. The molecule has 5 nitrogen and oxygen atoms in total. The van der Waals surface area contributed by atoms with Gasteiger partial charge in [-0.15, -0.1) is 0 Å². The van der Waals surface area contributed by atoms with E-state index in [1.807, 2.05) is 18.5 Å². The van der Waals surface area contributed by atoms with Crippen molar-refractivity contribution in [2.24, 2.45) is 5.92 Å². The molecule has 0 spiro atoms. The summed E-state index contributed by atoms with van der Waals surface area (Å²) < 4.78 is 0. The molecule has 1 saturated carbocycles. The van der Waals surface area contributed by atoms with Crippen LogP contribution in [-0.2, 0) is 4.79 Å². The van der Waals surface area contributed by atoms with Crippen LogP contribution in [0.5, 0.6) is 0 Å². The molecule has 1 amide bonds. The lowest BCUT2D eigenvalue weighted by Gasteiger charge is -2.36. The predicted octanol–water partition coefficient (Wildman–Crippen LogP) is 2.11. The van der Waals surface area contributed by atoms with Gasteiger partial charge in [0.25, 0.3) is 0 Å². The molecule has 1 aliphatic carbocycles. The molecule has 1 saturated heterocycles. The number of hydrogen-bond donors (Lipinski definition) is 2. The second-order valence-electron chi connectivity index (χ2n) is 7.10. The highest BCUT2D eigenvalue weighted by molar-refractivity contribution is 5.76. The first kappa shape index (κ1) is 17.4. The fraction of sp³-hybridized carbons (Fsp3) is 0.684. The number of piperazine rings is 1. The molecule has 1 aromatic heterocycles. The van der Waals surface area contributed by atoms with Crippen molar-refractivity contribution < 1.29 is 4.79 Å². The Morgan fingerprint density at radius 1 is 1.33 bits per heavy atom. The zero-order chi connectivity index (χ0) is 16.6. The van der Waals surface area contributed by atoms with Crippen molar-refractivity contribution in [3.8, 4) is 0 Å². The summed E-state index contributed by atoms with van der Waals surface area (Å²) in [5.41, 5.74) is 1.23. The summed E-state index contributed by atoms with van der Waals surface area (Å²) in [4.78, 5) is 18.9. The van der Waals surface area contributed by atoms with E-state index in [1.54, 1.807) is 0 Å². The topological polar surface area (TPSA) is 57.3 Å². The Morgan fingerprint density at radius 2 is 2.21 bits per heavy atom. The first-order valence-corrected chi connectivity index (χ1v) is 9.44. The van der Waals surface area contributed by atoms with Crippen molar-refractivity contribution in [2.45, 2.75) is 44.6 Å². The highest BCUT2D eigenvalue weighted by Crippen LogP contribution is 2.23. The van der Waals surface area contributed by atoms with Gasteiger partial charge >= 0.3 is 0 Å². The second kappa shape index (κ2) is 9.14. The van der Waals surface area contributed by atoms with Gasteiger partial charge in [0.15, 0.2) is 0 Å². The molecule has 2 N–H and O–H groups in total. The molecule has 0 aromatic carbocycles. The maximum Gasteiger partial charge on any atom is 0.221 e. The molecular weight excluding hydrogens is 300 g/mol. The summed E-state index contributed by atoms with van der Waals surface area (Å²) in [7, 11) is 0. The zero-order valence-electron chi connectivity index (χ0n) is 14.5. The molecule has 24 heavy (non-hydrogen) atoms. The van der Waals surface area contributed by atoms with Crippen LogP contribution in [0.3, 0.4) is 0 Å². The van der Waals surface area contributed by atoms with Gasteiger partial charge in [0.2, 0.25) is 5.91 Å². The Morgan fingerprint density at radius 3 is 3.00 bits per heavy atom. The number of rotatable bonds is 6. The fourth-order valence-corrected chi connectivity index (χ4v) is 3.90. The van der Waals surface area contributed by atoms with Gasteiger partial charge in [-0.3, -0.25) is 14.7 Å². The van der Waals surface area contributed by atoms with E-state index in [2.05, 4.69) is 26.6 Å². The number of carbonyl (C=O) groups is 1.